The van der Waals surface area contributed by atoms with Crippen LogP contribution >= 0.6 is 11.3 Å². The molecule has 0 radical (unpaired) electrons. The molecule has 3 N–H and O–H groups in total. The molecule has 0 saturated carbocycles. The van der Waals surface area contributed by atoms with Crippen LogP contribution in [-0.2, 0) is 14.4 Å². The summed E-state index contributed by atoms with van der Waals surface area (Å²) < 4.78 is 27.4. The third-order valence-electron chi connectivity index (χ3n) is 4.63. The van der Waals surface area contributed by atoms with E-state index in [4.69, 9.17) is 0 Å². The minimum Gasteiger partial charge on any atom is -0.326 e. The van der Waals surface area contributed by atoms with Gasteiger partial charge in [-0.3, -0.25) is 19.3 Å². The molecule has 0 atom stereocenters. The van der Waals surface area contributed by atoms with E-state index in [1.165, 1.54) is 12.3 Å². The van der Waals surface area contributed by atoms with E-state index in [-0.39, 0.29) is 41.3 Å². The summed E-state index contributed by atoms with van der Waals surface area (Å²) in [4.78, 5) is 41.7. The summed E-state index contributed by atoms with van der Waals surface area (Å²) in [5.41, 5.74) is 1.39. The van der Waals surface area contributed by atoms with Crippen LogP contribution in [0.3, 0.4) is 0 Å². The SMILES string of the molecule is CCN(CC(=O)Nc1ccc(NC(C)=O)cc1)CC(=O)Nc1nc(-c2cc(F)ccc2F)cs1. The monoisotopic (exact) mass is 487 g/mol. The summed E-state index contributed by atoms with van der Waals surface area (Å²) in [6.45, 7) is 3.59. The lowest BCUT2D eigenvalue weighted by atomic mass is 10.1. The number of likely N-dealkylation sites (N-methyl/N-ethyl adjacent to an activating group) is 1. The fraction of sp³-hybridized carbons (Fsp3) is 0.217. The molecule has 0 spiro atoms. The van der Waals surface area contributed by atoms with Crippen LogP contribution in [0.1, 0.15) is 13.8 Å². The summed E-state index contributed by atoms with van der Waals surface area (Å²) in [5.74, 6) is -2.09. The number of nitrogens with one attached hydrogen (secondary N) is 3. The van der Waals surface area contributed by atoms with Crippen molar-refractivity contribution in [3.63, 3.8) is 0 Å². The van der Waals surface area contributed by atoms with Gasteiger partial charge in [0, 0.05) is 29.2 Å². The maximum absolute atomic E-state index is 13.9. The van der Waals surface area contributed by atoms with Crippen molar-refractivity contribution in [1.82, 2.24) is 9.88 Å². The second-order valence-corrected chi connectivity index (χ2v) is 8.18. The van der Waals surface area contributed by atoms with Crippen LogP contribution in [-0.4, -0.2) is 47.2 Å². The largest absolute Gasteiger partial charge is 0.326 e. The molecule has 3 aromatic rings. The average molecular weight is 488 g/mol. The molecule has 0 bridgehead atoms. The number of benzene rings is 2. The van der Waals surface area contributed by atoms with Gasteiger partial charge in [0.2, 0.25) is 17.7 Å². The van der Waals surface area contributed by atoms with Gasteiger partial charge in [0.25, 0.3) is 0 Å². The summed E-state index contributed by atoms with van der Waals surface area (Å²) in [5, 5.41) is 9.76. The minimum absolute atomic E-state index is 0.00807. The predicted octanol–water partition coefficient (Wildman–Crippen LogP) is 3.95. The maximum Gasteiger partial charge on any atom is 0.240 e. The van der Waals surface area contributed by atoms with Crippen LogP contribution in [0.2, 0.25) is 0 Å². The van der Waals surface area contributed by atoms with E-state index in [1.807, 2.05) is 6.92 Å². The molecule has 1 aromatic heterocycles. The molecule has 3 amide bonds. The zero-order chi connectivity index (χ0) is 24.7. The fourth-order valence-corrected chi connectivity index (χ4v) is 3.76. The van der Waals surface area contributed by atoms with Crippen molar-refractivity contribution in [3.8, 4) is 11.3 Å². The molecular formula is C23H23F2N5O3S. The second-order valence-electron chi connectivity index (χ2n) is 7.32. The Morgan fingerprint density at radius 3 is 2.18 bits per heavy atom. The van der Waals surface area contributed by atoms with Gasteiger partial charge in [0.05, 0.1) is 18.8 Å². The van der Waals surface area contributed by atoms with E-state index in [1.54, 1.807) is 29.2 Å². The van der Waals surface area contributed by atoms with Crippen molar-refractivity contribution in [2.45, 2.75) is 13.8 Å². The summed E-state index contributed by atoms with van der Waals surface area (Å²) in [6.07, 6.45) is 0. The van der Waals surface area contributed by atoms with Crippen molar-refractivity contribution < 1.29 is 23.2 Å². The first-order valence-corrected chi connectivity index (χ1v) is 11.2. The third-order valence-corrected chi connectivity index (χ3v) is 5.38. The Labute approximate surface area is 199 Å². The Bertz CT molecular complexity index is 1180. The van der Waals surface area contributed by atoms with E-state index in [0.717, 1.165) is 29.5 Å². The van der Waals surface area contributed by atoms with Gasteiger partial charge in [0.15, 0.2) is 5.13 Å². The van der Waals surface area contributed by atoms with Crippen LogP contribution in [0.4, 0.5) is 25.3 Å². The van der Waals surface area contributed by atoms with Gasteiger partial charge in [-0.25, -0.2) is 13.8 Å². The lowest BCUT2D eigenvalue weighted by molar-refractivity contribution is -0.120. The smallest absolute Gasteiger partial charge is 0.240 e. The molecule has 34 heavy (non-hydrogen) atoms. The molecule has 11 heteroatoms. The van der Waals surface area contributed by atoms with Crippen molar-refractivity contribution in [2.24, 2.45) is 0 Å². The molecule has 178 valence electrons. The number of amides is 3. The Morgan fingerprint density at radius 2 is 1.56 bits per heavy atom. The number of carbonyl (C=O) groups is 3. The van der Waals surface area contributed by atoms with Gasteiger partial charge < -0.3 is 16.0 Å². The van der Waals surface area contributed by atoms with E-state index in [9.17, 15) is 23.2 Å². The first-order valence-electron chi connectivity index (χ1n) is 10.3. The maximum atomic E-state index is 13.9. The molecule has 0 aliphatic heterocycles. The molecule has 0 unspecified atom stereocenters. The number of hydrogen-bond acceptors (Lipinski definition) is 6. The molecule has 8 nitrogen and oxygen atoms in total. The number of carbonyl (C=O) groups excluding carboxylic acids is 3. The molecule has 0 saturated heterocycles. The van der Waals surface area contributed by atoms with Crippen LogP contribution in [0.25, 0.3) is 11.3 Å². The average Bonchev–Trinajstić information content (AvgIpc) is 3.24. The highest BCUT2D eigenvalue weighted by atomic mass is 32.1. The topological polar surface area (TPSA) is 103 Å². The van der Waals surface area contributed by atoms with Crippen LogP contribution in [0.5, 0.6) is 0 Å². The molecule has 3 rings (SSSR count). The van der Waals surface area contributed by atoms with E-state index in [2.05, 4.69) is 20.9 Å². The van der Waals surface area contributed by atoms with E-state index < -0.39 is 17.5 Å². The zero-order valence-electron chi connectivity index (χ0n) is 18.5. The predicted molar refractivity (Wildman–Crippen MR) is 128 cm³/mol. The third kappa shape index (κ3) is 7.15. The number of anilines is 3. The molecule has 0 aliphatic carbocycles. The standard InChI is InChI=1S/C23H23F2N5O3S/c1-3-30(11-21(32)27-17-7-5-16(6-8-17)26-14(2)31)12-22(33)29-23-28-20(13-34-23)18-10-15(24)4-9-19(18)25/h4-10,13H,3,11-12H2,1-2H3,(H,26,31)(H,27,32)(H,28,29,33). The first-order chi connectivity index (χ1) is 16.2. The molecule has 2 aromatic carbocycles. The Hall–Kier alpha value is -3.70. The molecule has 1 heterocycles. The van der Waals surface area contributed by atoms with Gasteiger partial charge in [-0.15, -0.1) is 11.3 Å². The number of hydrogen-bond donors (Lipinski definition) is 3. The highest BCUT2D eigenvalue weighted by Gasteiger charge is 2.16. The van der Waals surface area contributed by atoms with E-state index >= 15 is 0 Å². The number of halogens is 2. The molecule has 0 aliphatic rings. The Kier molecular flexibility index (Phi) is 8.39. The van der Waals surface area contributed by atoms with Crippen LogP contribution in [0.15, 0.2) is 47.8 Å². The van der Waals surface area contributed by atoms with Crippen molar-refractivity contribution in [3.05, 3.63) is 59.5 Å². The highest BCUT2D eigenvalue weighted by Crippen LogP contribution is 2.27. The lowest BCUT2D eigenvalue weighted by Gasteiger charge is -2.19. The van der Waals surface area contributed by atoms with Gasteiger partial charge in [-0.2, -0.15) is 0 Å². The molecular weight excluding hydrogens is 464 g/mol. The summed E-state index contributed by atoms with van der Waals surface area (Å²) in [7, 11) is 0. The fourth-order valence-electron chi connectivity index (χ4n) is 3.03. The normalized spacial score (nSPS) is 10.7. The number of rotatable bonds is 9. The van der Waals surface area contributed by atoms with Gasteiger partial charge in [-0.1, -0.05) is 6.92 Å². The Balaban J connectivity index is 1.52. The summed E-state index contributed by atoms with van der Waals surface area (Å²) >= 11 is 1.09. The highest BCUT2D eigenvalue weighted by molar-refractivity contribution is 7.14. The van der Waals surface area contributed by atoms with Gasteiger partial charge >= 0.3 is 0 Å². The quantitative estimate of drug-likeness (QED) is 0.424. The Morgan fingerprint density at radius 1 is 0.941 bits per heavy atom. The van der Waals surface area contributed by atoms with Crippen molar-refractivity contribution in [2.75, 3.05) is 35.6 Å². The van der Waals surface area contributed by atoms with Crippen LogP contribution in [0, 0.1) is 11.6 Å². The number of thiazole rings is 1. The van der Waals surface area contributed by atoms with Crippen molar-refractivity contribution in [1.29, 1.82) is 0 Å². The van der Waals surface area contributed by atoms with E-state index in [0.29, 0.717) is 17.9 Å². The van der Waals surface area contributed by atoms with Gasteiger partial charge in [0.1, 0.15) is 11.6 Å². The first kappa shape index (κ1) is 24.9. The van der Waals surface area contributed by atoms with Gasteiger partial charge in [-0.05, 0) is 49.0 Å². The van der Waals surface area contributed by atoms with Crippen LogP contribution < -0.4 is 16.0 Å². The zero-order valence-corrected chi connectivity index (χ0v) is 19.3. The van der Waals surface area contributed by atoms with Crippen molar-refractivity contribution >= 4 is 45.6 Å². The summed E-state index contributed by atoms with van der Waals surface area (Å²) in [6, 6.07) is 9.73. The minimum atomic E-state index is -0.613. The number of nitrogens with zero attached hydrogens (tertiary/aromatic N) is 2. The molecule has 0 fully saturated rings. The number of aromatic nitrogens is 1. The lowest BCUT2D eigenvalue weighted by Crippen LogP contribution is -2.38. The second kappa shape index (κ2) is 11.4.